The van der Waals surface area contributed by atoms with Gasteiger partial charge in [-0.25, -0.2) is 0 Å². The van der Waals surface area contributed by atoms with Crippen LogP contribution in [0.4, 0.5) is 0 Å². The number of Topliss-reactive ketones (excluding diaryl/α,β-unsaturated/α-hetero) is 1. The molecular weight excluding hydrogens is 322 g/mol. The second kappa shape index (κ2) is 6.60. The van der Waals surface area contributed by atoms with Gasteiger partial charge in [-0.2, -0.15) is 0 Å². The molecule has 1 amide bonds. The van der Waals surface area contributed by atoms with Crippen LogP contribution in [0.25, 0.3) is 5.76 Å². The number of ketones is 1. The van der Waals surface area contributed by atoms with Crippen LogP contribution in [0.3, 0.4) is 0 Å². The fourth-order valence-corrected chi connectivity index (χ4v) is 2.92. The molecule has 1 unspecified atom stereocenters. The second-order valence-electron chi connectivity index (χ2n) is 5.60. The van der Waals surface area contributed by atoms with Crippen molar-refractivity contribution in [3.63, 3.8) is 0 Å². The molecule has 0 spiro atoms. The van der Waals surface area contributed by atoms with Gasteiger partial charge in [0.25, 0.3) is 11.7 Å². The Kier molecular flexibility index (Phi) is 4.35. The molecule has 1 fully saturated rings. The number of rotatable bonds is 4. The lowest BCUT2D eigenvalue weighted by Crippen LogP contribution is -2.34. The smallest absolute Gasteiger partial charge is 0.323 e. The lowest BCUT2D eigenvalue weighted by Gasteiger charge is -2.23. The molecule has 6 nitrogen and oxygen atoms in total. The van der Waals surface area contributed by atoms with Crippen LogP contribution >= 0.6 is 0 Å². The van der Waals surface area contributed by atoms with Gasteiger partial charge < -0.3 is 15.1 Å². The summed E-state index contributed by atoms with van der Waals surface area (Å²) in [5.74, 6) is -3.38. The van der Waals surface area contributed by atoms with E-state index >= 15 is 0 Å². The molecule has 0 aliphatic carbocycles. The molecule has 1 aliphatic heterocycles. The van der Waals surface area contributed by atoms with Crippen molar-refractivity contribution in [1.82, 2.24) is 4.90 Å². The summed E-state index contributed by atoms with van der Waals surface area (Å²) in [4.78, 5) is 36.9. The molecule has 126 valence electrons. The Hall–Kier alpha value is -3.41. The Balaban J connectivity index is 2.19. The van der Waals surface area contributed by atoms with E-state index < -0.39 is 30.2 Å². The Bertz CT molecular complexity index is 858. The average molecular weight is 337 g/mol. The van der Waals surface area contributed by atoms with Crippen LogP contribution in [0.15, 0.2) is 66.2 Å². The zero-order valence-corrected chi connectivity index (χ0v) is 13.1. The molecule has 25 heavy (non-hydrogen) atoms. The van der Waals surface area contributed by atoms with Gasteiger partial charge in [0.2, 0.25) is 0 Å². The van der Waals surface area contributed by atoms with Crippen LogP contribution in [0, 0.1) is 0 Å². The number of carbonyl (C=O) groups excluding carboxylic acids is 2. The van der Waals surface area contributed by atoms with E-state index in [2.05, 4.69) is 0 Å². The normalized spacial score (nSPS) is 19.2. The fourth-order valence-electron chi connectivity index (χ4n) is 2.92. The number of aliphatic hydroxyl groups is 1. The molecule has 2 N–H and O–H groups in total. The number of amides is 1. The highest BCUT2D eigenvalue weighted by atomic mass is 16.4. The van der Waals surface area contributed by atoms with Crippen LogP contribution in [-0.4, -0.2) is 39.3 Å². The van der Waals surface area contributed by atoms with Crippen molar-refractivity contribution in [3.05, 3.63) is 77.4 Å². The highest BCUT2D eigenvalue weighted by molar-refractivity contribution is 6.46. The summed E-state index contributed by atoms with van der Waals surface area (Å²) < 4.78 is 0. The van der Waals surface area contributed by atoms with E-state index in [4.69, 9.17) is 5.11 Å². The van der Waals surface area contributed by atoms with E-state index in [0.29, 0.717) is 11.1 Å². The number of benzene rings is 2. The maximum Gasteiger partial charge on any atom is 0.323 e. The number of aliphatic carboxylic acids is 1. The first kappa shape index (κ1) is 16.4. The first-order chi connectivity index (χ1) is 12.0. The van der Waals surface area contributed by atoms with Crippen molar-refractivity contribution in [2.75, 3.05) is 6.54 Å². The quantitative estimate of drug-likeness (QED) is 0.507. The van der Waals surface area contributed by atoms with Gasteiger partial charge in [-0.3, -0.25) is 14.4 Å². The van der Waals surface area contributed by atoms with Crippen LogP contribution in [0.1, 0.15) is 17.2 Å². The summed E-state index contributed by atoms with van der Waals surface area (Å²) >= 11 is 0. The third kappa shape index (κ3) is 3.01. The topological polar surface area (TPSA) is 94.9 Å². The highest BCUT2D eigenvalue weighted by Crippen LogP contribution is 2.38. The van der Waals surface area contributed by atoms with Gasteiger partial charge in [-0.05, 0) is 5.56 Å². The fraction of sp³-hybridized carbons (Fsp3) is 0.105. The minimum Gasteiger partial charge on any atom is -0.507 e. The average Bonchev–Trinajstić information content (AvgIpc) is 2.87. The molecule has 1 aliphatic rings. The number of carboxylic acid groups (broad SMARTS) is 1. The van der Waals surface area contributed by atoms with Crippen LogP contribution in [-0.2, 0) is 14.4 Å². The van der Waals surface area contributed by atoms with Gasteiger partial charge in [0.1, 0.15) is 12.3 Å². The largest absolute Gasteiger partial charge is 0.507 e. The monoisotopic (exact) mass is 337 g/mol. The summed E-state index contributed by atoms with van der Waals surface area (Å²) in [7, 11) is 0. The summed E-state index contributed by atoms with van der Waals surface area (Å²) in [6.07, 6.45) is 0. The van der Waals surface area contributed by atoms with Crippen molar-refractivity contribution in [3.8, 4) is 0 Å². The summed E-state index contributed by atoms with van der Waals surface area (Å²) in [6.45, 7) is -0.629. The lowest BCUT2D eigenvalue weighted by molar-refractivity contribution is -0.146. The number of nitrogens with zero attached hydrogens (tertiary/aromatic N) is 1. The van der Waals surface area contributed by atoms with E-state index in [1.807, 2.05) is 0 Å². The molecule has 1 saturated heterocycles. The van der Waals surface area contributed by atoms with Gasteiger partial charge in [0, 0.05) is 5.56 Å². The van der Waals surface area contributed by atoms with Crippen molar-refractivity contribution < 1.29 is 24.6 Å². The number of hydrogen-bond donors (Lipinski definition) is 2. The predicted molar refractivity (Wildman–Crippen MR) is 89.5 cm³/mol. The standard InChI is InChI=1S/C19H15NO5/c21-14(22)11-20-16(12-7-3-1-4-8-12)15(18(24)19(20)25)17(23)13-9-5-2-6-10-13/h1-10,16,23H,11H2,(H,21,22)/b17-15-. The van der Waals surface area contributed by atoms with Gasteiger partial charge in [-0.15, -0.1) is 0 Å². The van der Waals surface area contributed by atoms with Gasteiger partial charge in [0.15, 0.2) is 0 Å². The Labute approximate surface area is 143 Å². The number of carboxylic acids is 1. The molecule has 1 heterocycles. The van der Waals surface area contributed by atoms with E-state index in [1.165, 1.54) is 0 Å². The van der Waals surface area contributed by atoms with E-state index in [1.54, 1.807) is 60.7 Å². The van der Waals surface area contributed by atoms with E-state index in [0.717, 1.165) is 4.90 Å². The summed E-state index contributed by atoms with van der Waals surface area (Å²) in [5.41, 5.74) is 0.834. The van der Waals surface area contributed by atoms with Gasteiger partial charge in [0.05, 0.1) is 11.6 Å². The highest BCUT2D eigenvalue weighted by Gasteiger charge is 2.46. The Morgan fingerprint density at radius 2 is 1.48 bits per heavy atom. The van der Waals surface area contributed by atoms with Crippen molar-refractivity contribution in [1.29, 1.82) is 0 Å². The van der Waals surface area contributed by atoms with Crippen molar-refractivity contribution in [2.45, 2.75) is 6.04 Å². The maximum atomic E-state index is 12.5. The third-order valence-corrected chi connectivity index (χ3v) is 4.01. The zero-order chi connectivity index (χ0) is 18.0. The van der Waals surface area contributed by atoms with Crippen LogP contribution in [0.2, 0.25) is 0 Å². The zero-order valence-electron chi connectivity index (χ0n) is 13.1. The molecule has 1 atom stereocenters. The summed E-state index contributed by atoms with van der Waals surface area (Å²) in [6, 6.07) is 16.0. The maximum absolute atomic E-state index is 12.5. The number of hydrogen-bond acceptors (Lipinski definition) is 4. The molecule has 6 heteroatoms. The first-order valence-corrected chi connectivity index (χ1v) is 7.61. The van der Waals surface area contributed by atoms with Crippen molar-refractivity contribution >= 4 is 23.4 Å². The van der Waals surface area contributed by atoms with E-state index in [9.17, 15) is 19.5 Å². The number of carbonyl (C=O) groups is 3. The molecule has 0 radical (unpaired) electrons. The van der Waals surface area contributed by atoms with E-state index in [-0.39, 0.29) is 11.3 Å². The Morgan fingerprint density at radius 1 is 0.920 bits per heavy atom. The molecular formula is C19H15NO5. The molecule has 0 aromatic heterocycles. The minimum atomic E-state index is -1.23. The number of aliphatic hydroxyl groups excluding tert-OH is 1. The second-order valence-corrected chi connectivity index (χ2v) is 5.60. The molecule has 0 bridgehead atoms. The molecule has 2 aromatic carbocycles. The minimum absolute atomic E-state index is 0.108. The van der Waals surface area contributed by atoms with Crippen molar-refractivity contribution in [2.24, 2.45) is 0 Å². The van der Waals surface area contributed by atoms with Gasteiger partial charge in [-0.1, -0.05) is 60.7 Å². The molecule has 3 rings (SSSR count). The summed E-state index contributed by atoms with van der Waals surface area (Å²) in [5, 5.41) is 19.7. The SMILES string of the molecule is O=C(O)CN1C(=O)C(=O)/C(=C(\O)c2ccccc2)C1c1ccccc1. The number of likely N-dealkylation sites (tertiary alicyclic amines) is 1. The molecule has 0 saturated carbocycles. The van der Waals surface area contributed by atoms with Crippen LogP contribution in [0.5, 0.6) is 0 Å². The Morgan fingerprint density at radius 3 is 2.04 bits per heavy atom. The predicted octanol–water partition coefficient (Wildman–Crippen LogP) is 2.19. The molecule has 2 aromatic rings. The first-order valence-electron chi connectivity index (χ1n) is 7.61. The van der Waals surface area contributed by atoms with Gasteiger partial charge >= 0.3 is 5.97 Å². The van der Waals surface area contributed by atoms with Crippen LogP contribution < -0.4 is 0 Å². The lowest BCUT2D eigenvalue weighted by atomic mass is 9.95. The third-order valence-electron chi connectivity index (χ3n) is 4.01.